The van der Waals surface area contributed by atoms with Crippen LogP contribution in [0.4, 0.5) is 0 Å². The van der Waals surface area contributed by atoms with Crippen molar-refractivity contribution in [2.45, 2.75) is 26.3 Å². The van der Waals surface area contributed by atoms with Crippen molar-refractivity contribution in [3.63, 3.8) is 0 Å². The molecule has 0 amide bonds. The Morgan fingerprint density at radius 1 is 1.41 bits per heavy atom. The smallest absolute Gasteiger partial charge is 0.0945 e. The van der Waals surface area contributed by atoms with Gasteiger partial charge in [0.25, 0.3) is 0 Å². The van der Waals surface area contributed by atoms with Crippen LogP contribution in [0.1, 0.15) is 25.5 Å². The molecule has 1 aromatic heterocycles. The van der Waals surface area contributed by atoms with Crippen LogP contribution in [0.3, 0.4) is 0 Å². The monoisotopic (exact) mass is 236 g/mol. The summed E-state index contributed by atoms with van der Waals surface area (Å²) in [5, 5.41) is 3.48. The minimum Gasteiger partial charge on any atom is -0.337 e. The fourth-order valence-corrected chi connectivity index (χ4v) is 2.29. The first-order valence-corrected chi connectivity index (χ1v) is 6.64. The van der Waals surface area contributed by atoms with Crippen LogP contribution in [0.25, 0.3) is 0 Å². The molecule has 0 radical (unpaired) electrons. The molecule has 96 valence electrons. The van der Waals surface area contributed by atoms with Crippen molar-refractivity contribution in [2.24, 2.45) is 13.0 Å². The van der Waals surface area contributed by atoms with Gasteiger partial charge in [0, 0.05) is 32.9 Å². The van der Waals surface area contributed by atoms with Gasteiger partial charge in [0.15, 0.2) is 0 Å². The van der Waals surface area contributed by atoms with E-state index >= 15 is 0 Å². The van der Waals surface area contributed by atoms with E-state index in [4.69, 9.17) is 0 Å². The van der Waals surface area contributed by atoms with Gasteiger partial charge in [-0.15, -0.1) is 0 Å². The molecule has 17 heavy (non-hydrogen) atoms. The largest absolute Gasteiger partial charge is 0.337 e. The van der Waals surface area contributed by atoms with Crippen LogP contribution in [-0.4, -0.2) is 40.6 Å². The standard InChI is InChI=1S/C13H24N4/c1-12-3-6-17(7-4-12)8-5-14-9-13-10-15-11-16(13)2/h10-12,14H,3-9H2,1-2H3. The number of rotatable bonds is 5. The van der Waals surface area contributed by atoms with Gasteiger partial charge in [-0.2, -0.15) is 0 Å². The van der Waals surface area contributed by atoms with Gasteiger partial charge in [-0.3, -0.25) is 0 Å². The highest BCUT2D eigenvalue weighted by atomic mass is 15.1. The summed E-state index contributed by atoms with van der Waals surface area (Å²) in [4.78, 5) is 6.68. The predicted octanol–water partition coefficient (Wildman–Crippen LogP) is 1.24. The van der Waals surface area contributed by atoms with Gasteiger partial charge in [-0.25, -0.2) is 4.98 Å². The van der Waals surface area contributed by atoms with Gasteiger partial charge in [-0.1, -0.05) is 6.92 Å². The van der Waals surface area contributed by atoms with Crippen molar-refractivity contribution in [3.8, 4) is 0 Å². The Labute approximate surface area is 104 Å². The van der Waals surface area contributed by atoms with E-state index in [1.807, 2.05) is 19.6 Å². The highest BCUT2D eigenvalue weighted by molar-refractivity contribution is 4.96. The Morgan fingerprint density at radius 2 is 2.18 bits per heavy atom. The Hall–Kier alpha value is -0.870. The molecule has 1 fully saturated rings. The summed E-state index contributed by atoms with van der Waals surface area (Å²) in [5.41, 5.74) is 1.25. The molecule has 2 rings (SSSR count). The van der Waals surface area contributed by atoms with Gasteiger partial charge in [-0.05, 0) is 31.8 Å². The molecule has 4 nitrogen and oxygen atoms in total. The number of hydrogen-bond acceptors (Lipinski definition) is 3. The third-order valence-corrected chi connectivity index (χ3v) is 3.70. The van der Waals surface area contributed by atoms with Gasteiger partial charge in [0.05, 0.1) is 12.0 Å². The topological polar surface area (TPSA) is 33.1 Å². The van der Waals surface area contributed by atoms with E-state index in [1.165, 1.54) is 38.2 Å². The summed E-state index contributed by atoms with van der Waals surface area (Å²) in [6.45, 7) is 8.06. The zero-order valence-electron chi connectivity index (χ0n) is 11.0. The molecule has 0 bridgehead atoms. The Bertz CT molecular complexity index is 326. The first kappa shape index (κ1) is 12.6. The number of nitrogens with zero attached hydrogens (tertiary/aromatic N) is 3. The minimum atomic E-state index is 0.917. The van der Waals surface area contributed by atoms with E-state index in [9.17, 15) is 0 Å². The summed E-state index contributed by atoms with van der Waals surface area (Å²) in [5.74, 6) is 0.925. The number of aryl methyl sites for hydroxylation is 1. The number of nitrogens with one attached hydrogen (secondary N) is 1. The molecular formula is C13H24N4. The summed E-state index contributed by atoms with van der Waals surface area (Å²) >= 11 is 0. The summed E-state index contributed by atoms with van der Waals surface area (Å²) < 4.78 is 2.07. The van der Waals surface area contributed by atoms with E-state index in [0.29, 0.717) is 0 Å². The van der Waals surface area contributed by atoms with Crippen LogP contribution >= 0.6 is 0 Å². The van der Waals surface area contributed by atoms with Crippen molar-refractivity contribution in [2.75, 3.05) is 26.2 Å². The molecule has 4 heteroatoms. The number of imidazole rings is 1. The second-order valence-electron chi connectivity index (χ2n) is 5.20. The minimum absolute atomic E-state index is 0.917. The molecular weight excluding hydrogens is 212 g/mol. The van der Waals surface area contributed by atoms with Crippen LogP contribution in [0, 0.1) is 5.92 Å². The molecule has 0 spiro atoms. The molecule has 0 aliphatic carbocycles. The van der Waals surface area contributed by atoms with Gasteiger partial charge >= 0.3 is 0 Å². The fraction of sp³-hybridized carbons (Fsp3) is 0.769. The molecule has 1 aliphatic rings. The van der Waals surface area contributed by atoms with Crippen LogP contribution < -0.4 is 5.32 Å². The quantitative estimate of drug-likeness (QED) is 0.781. The van der Waals surface area contributed by atoms with Crippen LogP contribution in [-0.2, 0) is 13.6 Å². The van der Waals surface area contributed by atoms with Gasteiger partial charge in [0.1, 0.15) is 0 Å². The zero-order valence-corrected chi connectivity index (χ0v) is 11.0. The average Bonchev–Trinajstić information content (AvgIpc) is 2.73. The maximum Gasteiger partial charge on any atom is 0.0945 e. The number of likely N-dealkylation sites (tertiary alicyclic amines) is 1. The fourth-order valence-electron chi connectivity index (χ4n) is 2.29. The molecule has 0 saturated carbocycles. The molecule has 1 saturated heterocycles. The van der Waals surface area contributed by atoms with E-state index in [0.717, 1.165) is 19.0 Å². The third kappa shape index (κ3) is 3.82. The zero-order chi connectivity index (χ0) is 12.1. The second-order valence-corrected chi connectivity index (χ2v) is 5.20. The van der Waals surface area contributed by atoms with Gasteiger partial charge < -0.3 is 14.8 Å². The Balaban J connectivity index is 1.59. The second kappa shape index (κ2) is 6.17. The molecule has 1 aromatic rings. The van der Waals surface area contributed by atoms with Crippen LogP contribution in [0.2, 0.25) is 0 Å². The first-order valence-electron chi connectivity index (χ1n) is 6.64. The highest BCUT2D eigenvalue weighted by Crippen LogP contribution is 2.15. The SMILES string of the molecule is CC1CCN(CCNCc2cncn2C)CC1. The van der Waals surface area contributed by atoms with Crippen molar-refractivity contribution in [1.29, 1.82) is 0 Å². The molecule has 1 N–H and O–H groups in total. The molecule has 0 unspecified atom stereocenters. The van der Waals surface area contributed by atoms with Crippen LogP contribution in [0.15, 0.2) is 12.5 Å². The summed E-state index contributed by atoms with van der Waals surface area (Å²) in [7, 11) is 2.04. The lowest BCUT2D eigenvalue weighted by molar-refractivity contribution is 0.193. The van der Waals surface area contributed by atoms with Gasteiger partial charge in [0.2, 0.25) is 0 Å². The lowest BCUT2D eigenvalue weighted by Crippen LogP contribution is -2.37. The van der Waals surface area contributed by atoms with Crippen molar-refractivity contribution in [3.05, 3.63) is 18.2 Å². The van der Waals surface area contributed by atoms with E-state index in [1.54, 1.807) is 0 Å². The van der Waals surface area contributed by atoms with Crippen LogP contribution in [0.5, 0.6) is 0 Å². The average molecular weight is 236 g/mol. The van der Waals surface area contributed by atoms with Crippen molar-refractivity contribution >= 4 is 0 Å². The van der Waals surface area contributed by atoms with Crippen molar-refractivity contribution < 1.29 is 0 Å². The number of hydrogen-bond donors (Lipinski definition) is 1. The summed E-state index contributed by atoms with van der Waals surface area (Å²) in [6.07, 6.45) is 6.50. The van der Waals surface area contributed by atoms with Crippen molar-refractivity contribution in [1.82, 2.24) is 19.8 Å². The van der Waals surface area contributed by atoms with E-state index in [2.05, 4.69) is 26.7 Å². The lowest BCUT2D eigenvalue weighted by atomic mass is 9.99. The number of piperidine rings is 1. The molecule has 0 atom stereocenters. The van der Waals surface area contributed by atoms with E-state index in [-0.39, 0.29) is 0 Å². The number of aromatic nitrogens is 2. The Morgan fingerprint density at radius 3 is 2.82 bits per heavy atom. The summed E-state index contributed by atoms with van der Waals surface area (Å²) in [6, 6.07) is 0. The van der Waals surface area contributed by atoms with E-state index < -0.39 is 0 Å². The normalized spacial score (nSPS) is 18.7. The molecule has 1 aliphatic heterocycles. The predicted molar refractivity (Wildman–Crippen MR) is 69.8 cm³/mol. The Kier molecular flexibility index (Phi) is 4.57. The lowest BCUT2D eigenvalue weighted by Gasteiger charge is -2.30. The molecule has 2 heterocycles. The molecule has 0 aromatic carbocycles. The maximum absolute atomic E-state index is 4.11. The first-order chi connectivity index (χ1) is 8.25. The maximum atomic E-state index is 4.11. The third-order valence-electron chi connectivity index (χ3n) is 3.70. The highest BCUT2D eigenvalue weighted by Gasteiger charge is 2.14.